The third-order valence-electron chi connectivity index (χ3n) is 4.37. The molecule has 0 atom stereocenters. The molecule has 4 aromatic rings. The molecule has 2 aromatic heterocycles. The second kappa shape index (κ2) is 7.41. The van der Waals surface area contributed by atoms with Gasteiger partial charge in [-0.1, -0.05) is 36.5 Å². The average Bonchev–Trinajstić information content (AvgIpc) is 3.31. The third-order valence-corrected chi connectivity index (χ3v) is 7.12. The molecule has 0 aliphatic heterocycles. The van der Waals surface area contributed by atoms with Crippen molar-refractivity contribution in [1.29, 1.82) is 0 Å². The molecule has 0 saturated heterocycles. The number of carbonyl (C=O) groups is 1. The molecule has 4 rings (SSSR count). The number of hydrogen-bond donors (Lipinski definition) is 1. The molecule has 148 valence electrons. The molecule has 9 heteroatoms. The normalized spacial score (nSPS) is 11.7. The number of para-hydroxylation sites is 1. The summed E-state index contributed by atoms with van der Waals surface area (Å²) in [6.07, 6.45) is 0. The fraction of sp³-hybridized carbons (Fsp3) is 0.150. The first-order chi connectivity index (χ1) is 13.9. The summed E-state index contributed by atoms with van der Waals surface area (Å²) in [4.78, 5) is 17.5. The van der Waals surface area contributed by atoms with Gasteiger partial charge in [-0.3, -0.25) is 4.79 Å². The summed E-state index contributed by atoms with van der Waals surface area (Å²) < 4.78 is 26.8. The Labute approximate surface area is 171 Å². The topological polar surface area (TPSA) is 94.0 Å². The van der Waals surface area contributed by atoms with Crippen molar-refractivity contribution >= 4 is 43.1 Å². The molecule has 0 saturated carbocycles. The van der Waals surface area contributed by atoms with Crippen molar-refractivity contribution in [2.24, 2.45) is 0 Å². The Morgan fingerprint density at radius 2 is 1.93 bits per heavy atom. The summed E-state index contributed by atoms with van der Waals surface area (Å²) in [6, 6.07) is 15.5. The molecule has 0 radical (unpaired) electrons. The highest BCUT2D eigenvalue weighted by molar-refractivity contribution is 7.91. The Balaban J connectivity index is 1.67. The third kappa shape index (κ3) is 3.79. The second-order valence-corrected chi connectivity index (χ2v) is 9.72. The van der Waals surface area contributed by atoms with Crippen molar-refractivity contribution in [3.8, 4) is 5.13 Å². The fourth-order valence-electron chi connectivity index (χ4n) is 2.87. The number of anilines is 1. The summed E-state index contributed by atoms with van der Waals surface area (Å²) in [6.45, 7) is 3.40. The highest BCUT2D eigenvalue weighted by atomic mass is 32.2. The molecule has 1 N–H and O–H groups in total. The quantitative estimate of drug-likeness (QED) is 0.523. The number of aryl methyl sites for hydroxylation is 1. The van der Waals surface area contributed by atoms with Crippen LogP contribution in [-0.2, 0) is 9.84 Å². The van der Waals surface area contributed by atoms with E-state index in [0.29, 0.717) is 10.9 Å². The van der Waals surface area contributed by atoms with E-state index in [1.807, 2.05) is 31.2 Å². The highest BCUT2D eigenvalue weighted by Crippen LogP contribution is 2.27. The molecular formula is C20H18N4O3S2. The predicted octanol–water partition coefficient (Wildman–Crippen LogP) is 3.84. The molecule has 0 bridgehead atoms. The summed E-state index contributed by atoms with van der Waals surface area (Å²) in [5.74, 6) is 0.0254. The van der Waals surface area contributed by atoms with Crippen LogP contribution in [0.25, 0.3) is 15.3 Å². The number of fused-ring (bicyclic) bond motifs is 1. The van der Waals surface area contributed by atoms with Crippen LogP contribution in [0.2, 0.25) is 0 Å². The van der Waals surface area contributed by atoms with Gasteiger partial charge in [0.2, 0.25) is 5.13 Å². The molecule has 29 heavy (non-hydrogen) atoms. The maximum absolute atomic E-state index is 12.8. The molecule has 0 fully saturated rings. The minimum Gasteiger partial charge on any atom is -0.306 e. The zero-order valence-electron chi connectivity index (χ0n) is 15.8. The van der Waals surface area contributed by atoms with E-state index in [1.54, 1.807) is 29.8 Å². The van der Waals surface area contributed by atoms with Gasteiger partial charge in [-0.2, -0.15) is 9.78 Å². The largest absolute Gasteiger partial charge is 0.306 e. The van der Waals surface area contributed by atoms with Crippen molar-refractivity contribution in [1.82, 2.24) is 14.8 Å². The summed E-state index contributed by atoms with van der Waals surface area (Å²) in [5.41, 5.74) is 1.84. The highest BCUT2D eigenvalue weighted by Gasteiger charge is 2.17. The number of benzene rings is 2. The number of sulfone groups is 1. The van der Waals surface area contributed by atoms with E-state index in [4.69, 9.17) is 0 Å². The van der Waals surface area contributed by atoms with Crippen molar-refractivity contribution in [2.75, 3.05) is 11.1 Å². The average molecular weight is 427 g/mol. The van der Waals surface area contributed by atoms with Crippen molar-refractivity contribution in [3.63, 3.8) is 0 Å². The first-order valence-corrected chi connectivity index (χ1v) is 11.4. The van der Waals surface area contributed by atoms with Crippen LogP contribution in [0.3, 0.4) is 0 Å². The number of hydrogen-bond acceptors (Lipinski definition) is 6. The van der Waals surface area contributed by atoms with Crippen LogP contribution in [0.5, 0.6) is 0 Å². The van der Waals surface area contributed by atoms with Crippen LogP contribution in [0.4, 0.5) is 5.82 Å². The monoisotopic (exact) mass is 426 g/mol. The van der Waals surface area contributed by atoms with E-state index in [-0.39, 0.29) is 16.2 Å². The Kier molecular flexibility index (Phi) is 4.93. The molecule has 7 nitrogen and oxygen atoms in total. The van der Waals surface area contributed by atoms with Gasteiger partial charge in [-0.05, 0) is 37.3 Å². The van der Waals surface area contributed by atoms with Crippen LogP contribution in [0.1, 0.15) is 23.0 Å². The van der Waals surface area contributed by atoms with Gasteiger partial charge in [-0.25, -0.2) is 13.4 Å². The van der Waals surface area contributed by atoms with Crippen molar-refractivity contribution in [2.45, 2.75) is 18.7 Å². The Bertz CT molecular complexity index is 1290. The van der Waals surface area contributed by atoms with E-state index in [0.717, 1.165) is 15.9 Å². The number of nitrogens with one attached hydrogen (secondary N) is 1. The molecule has 2 heterocycles. The van der Waals surface area contributed by atoms with Gasteiger partial charge in [0.1, 0.15) is 5.82 Å². The van der Waals surface area contributed by atoms with Crippen LogP contribution in [-0.4, -0.2) is 34.8 Å². The standard InChI is InChI=1S/C20H18N4O3S2/c1-3-29(26,27)15-8-6-7-14(12-15)19(25)22-18-11-13(2)23-24(18)20-21-16-9-4-5-10-17(16)28-20/h4-12H,3H2,1-2H3,(H,22,25). The van der Waals surface area contributed by atoms with Gasteiger partial charge >= 0.3 is 0 Å². The van der Waals surface area contributed by atoms with E-state index in [1.165, 1.54) is 23.5 Å². The number of thiazole rings is 1. The van der Waals surface area contributed by atoms with E-state index in [9.17, 15) is 13.2 Å². The lowest BCUT2D eigenvalue weighted by Crippen LogP contribution is -2.16. The minimum absolute atomic E-state index is 0.0261. The fourth-order valence-corrected chi connectivity index (χ4v) is 4.73. The van der Waals surface area contributed by atoms with Crippen LogP contribution >= 0.6 is 11.3 Å². The molecule has 0 aliphatic carbocycles. The predicted molar refractivity (Wildman–Crippen MR) is 114 cm³/mol. The zero-order chi connectivity index (χ0) is 20.6. The van der Waals surface area contributed by atoms with E-state index >= 15 is 0 Å². The van der Waals surface area contributed by atoms with E-state index in [2.05, 4.69) is 15.4 Å². The number of amides is 1. The van der Waals surface area contributed by atoms with Gasteiger partial charge in [0.25, 0.3) is 5.91 Å². The van der Waals surface area contributed by atoms with Crippen molar-refractivity contribution < 1.29 is 13.2 Å². The lowest BCUT2D eigenvalue weighted by molar-refractivity contribution is 0.102. The van der Waals surface area contributed by atoms with Gasteiger partial charge in [0, 0.05) is 11.6 Å². The van der Waals surface area contributed by atoms with E-state index < -0.39 is 15.7 Å². The Hall–Kier alpha value is -3.04. The zero-order valence-corrected chi connectivity index (χ0v) is 17.4. The molecule has 1 amide bonds. The number of carbonyl (C=O) groups excluding carboxylic acids is 1. The number of aromatic nitrogens is 3. The summed E-state index contributed by atoms with van der Waals surface area (Å²) in [7, 11) is -3.39. The van der Waals surface area contributed by atoms with Gasteiger partial charge in [0.05, 0.1) is 26.6 Å². The summed E-state index contributed by atoms with van der Waals surface area (Å²) in [5, 5.41) is 7.90. The van der Waals surface area contributed by atoms with Crippen molar-refractivity contribution in [3.05, 3.63) is 65.9 Å². The lowest BCUT2D eigenvalue weighted by atomic mass is 10.2. The van der Waals surface area contributed by atoms with Crippen LogP contribution in [0, 0.1) is 6.92 Å². The maximum Gasteiger partial charge on any atom is 0.256 e. The Morgan fingerprint density at radius 1 is 1.14 bits per heavy atom. The molecular weight excluding hydrogens is 408 g/mol. The SMILES string of the molecule is CCS(=O)(=O)c1cccc(C(=O)Nc2cc(C)nn2-c2nc3ccccc3s2)c1. The second-order valence-electron chi connectivity index (χ2n) is 6.43. The van der Waals surface area contributed by atoms with Crippen LogP contribution in [0.15, 0.2) is 59.5 Å². The van der Waals surface area contributed by atoms with Gasteiger partial charge in [-0.15, -0.1) is 0 Å². The first kappa shape index (κ1) is 19.3. The van der Waals surface area contributed by atoms with Gasteiger partial charge < -0.3 is 5.32 Å². The molecule has 0 spiro atoms. The maximum atomic E-state index is 12.8. The van der Waals surface area contributed by atoms with Crippen LogP contribution < -0.4 is 5.32 Å². The molecule has 2 aromatic carbocycles. The number of nitrogens with zero attached hydrogens (tertiary/aromatic N) is 3. The molecule has 0 aliphatic rings. The summed E-state index contributed by atoms with van der Waals surface area (Å²) >= 11 is 1.47. The Morgan fingerprint density at radius 3 is 2.69 bits per heavy atom. The minimum atomic E-state index is -3.39. The smallest absolute Gasteiger partial charge is 0.256 e. The molecule has 0 unspecified atom stereocenters. The lowest BCUT2D eigenvalue weighted by Gasteiger charge is -2.08. The number of rotatable bonds is 5. The van der Waals surface area contributed by atoms with Gasteiger partial charge in [0.15, 0.2) is 9.84 Å². The first-order valence-electron chi connectivity index (χ1n) is 8.94.